The zero-order valence-corrected chi connectivity index (χ0v) is 12.5. The molecule has 0 N–H and O–H groups in total. The normalized spacial score (nSPS) is 11.4. The first-order valence-electron chi connectivity index (χ1n) is 6.28. The molecule has 0 aromatic carbocycles. The van der Waals surface area contributed by atoms with Crippen molar-refractivity contribution < 1.29 is 9.15 Å². The van der Waals surface area contributed by atoms with E-state index in [0.717, 1.165) is 34.7 Å². The molecule has 0 aliphatic heterocycles. The molecule has 0 saturated heterocycles. The molecule has 19 heavy (non-hydrogen) atoms. The Morgan fingerprint density at radius 3 is 2.84 bits per heavy atom. The summed E-state index contributed by atoms with van der Waals surface area (Å²) < 4.78 is 12.8. The van der Waals surface area contributed by atoms with Gasteiger partial charge in [0.2, 0.25) is 0 Å². The van der Waals surface area contributed by atoms with Crippen LogP contribution in [-0.4, -0.2) is 33.2 Å². The Hall–Kier alpha value is -1.27. The standard InChI is InChI=1S/C13H19N3O2S/c1-9(2)17-7-8-19-13-15-14-12(16(13)4)11-5-6-18-10(11)3/h5-6,9H,7-8H2,1-4H3. The largest absolute Gasteiger partial charge is 0.469 e. The summed E-state index contributed by atoms with van der Waals surface area (Å²) in [5.41, 5.74) is 0.986. The second-order valence-corrected chi connectivity index (χ2v) is 5.59. The van der Waals surface area contributed by atoms with Crippen molar-refractivity contribution in [3.05, 3.63) is 18.1 Å². The molecule has 0 spiro atoms. The lowest BCUT2D eigenvalue weighted by Gasteiger charge is -2.06. The number of aromatic nitrogens is 3. The van der Waals surface area contributed by atoms with E-state index in [-0.39, 0.29) is 6.10 Å². The monoisotopic (exact) mass is 281 g/mol. The second kappa shape index (κ2) is 6.25. The van der Waals surface area contributed by atoms with E-state index in [0.29, 0.717) is 0 Å². The second-order valence-electron chi connectivity index (χ2n) is 4.52. The first-order chi connectivity index (χ1) is 9.09. The molecule has 0 aliphatic carbocycles. The molecular weight excluding hydrogens is 262 g/mol. The van der Waals surface area contributed by atoms with Crippen molar-refractivity contribution in [2.45, 2.75) is 32.0 Å². The lowest BCUT2D eigenvalue weighted by molar-refractivity contribution is 0.0920. The van der Waals surface area contributed by atoms with Crippen molar-refractivity contribution in [1.82, 2.24) is 14.8 Å². The predicted octanol–water partition coefficient (Wildman–Crippen LogP) is 2.90. The maximum Gasteiger partial charge on any atom is 0.191 e. The summed E-state index contributed by atoms with van der Waals surface area (Å²) in [6.07, 6.45) is 1.94. The predicted molar refractivity (Wildman–Crippen MR) is 75.3 cm³/mol. The average Bonchev–Trinajstić information content (AvgIpc) is 2.92. The molecule has 6 heteroatoms. The Labute approximate surface area is 117 Å². The number of furan rings is 1. The summed E-state index contributed by atoms with van der Waals surface area (Å²) in [5, 5.41) is 9.32. The van der Waals surface area contributed by atoms with Crippen LogP contribution in [0.15, 0.2) is 21.9 Å². The van der Waals surface area contributed by atoms with Gasteiger partial charge in [-0.05, 0) is 26.8 Å². The first-order valence-corrected chi connectivity index (χ1v) is 7.26. The number of thioether (sulfide) groups is 1. The summed E-state index contributed by atoms with van der Waals surface area (Å²) in [6.45, 7) is 6.71. The SMILES string of the molecule is Cc1occc1-c1nnc(SCCOC(C)C)n1C. The highest BCUT2D eigenvalue weighted by Crippen LogP contribution is 2.25. The molecule has 0 atom stereocenters. The van der Waals surface area contributed by atoms with Gasteiger partial charge in [-0.3, -0.25) is 0 Å². The van der Waals surface area contributed by atoms with Gasteiger partial charge in [-0.1, -0.05) is 11.8 Å². The molecule has 0 unspecified atom stereocenters. The summed E-state index contributed by atoms with van der Waals surface area (Å²) in [6, 6.07) is 1.91. The van der Waals surface area contributed by atoms with E-state index >= 15 is 0 Å². The van der Waals surface area contributed by atoms with E-state index < -0.39 is 0 Å². The molecular formula is C13H19N3O2S. The fourth-order valence-electron chi connectivity index (χ4n) is 1.71. The number of hydrogen-bond donors (Lipinski definition) is 0. The number of hydrogen-bond acceptors (Lipinski definition) is 5. The Morgan fingerprint density at radius 1 is 1.42 bits per heavy atom. The number of aryl methyl sites for hydroxylation is 1. The molecule has 2 aromatic heterocycles. The van der Waals surface area contributed by atoms with Gasteiger partial charge in [0.05, 0.1) is 24.5 Å². The van der Waals surface area contributed by atoms with Gasteiger partial charge < -0.3 is 13.7 Å². The zero-order chi connectivity index (χ0) is 13.8. The van der Waals surface area contributed by atoms with Crippen LogP contribution < -0.4 is 0 Å². The van der Waals surface area contributed by atoms with E-state index in [1.165, 1.54) is 0 Å². The molecule has 5 nitrogen and oxygen atoms in total. The van der Waals surface area contributed by atoms with Gasteiger partial charge in [0.25, 0.3) is 0 Å². The Balaban J connectivity index is 2.01. The Morgan fingerprint density at radius 2 is 2.21 bits per heavy atom. The van der Waals surface area contributed by atoms with E-state index in [1.807, 2.05) is 38.5 Å². The number of rotatable bonds is 6. The minimum atomic E-state index is 0.268. The highest BCUT2D eigenvalue weighted by Gasteiger charge is 2.14. The highest BCUT2D eigenvalue weighted by molar-refractivity contribution is 7.99. The summed E-state index contributed by atoms with van der Waals surface area (Å²) in [7, 11) is 1.97. The molecule has 0 bridgehead atoms. The van der Waals surface area contributed by atoms with Crippen LogP contribution in [0.4, 0.5) is 0 Å². The van der Waals surface area contributed by atoms with Crippen molar-refractivity contribution >= 4 is 11.8 Å². The minimum Gasteiger partial charge on any atom is -0.469 e. The van der Waals surface area contributed by atoms with Crippen molar-refractivity contribution in [2.24, 2.45) is 7.05 Å². The van der Waals surface area contributed by atoms with Crippen molar-refractivity contribution in [3.63, 3.8) is 0 Å². The van der Waals surface area contributed by atoms with Crippen LogP contribution in [-0.2, 0) is 11.8 Å². The van der Waals surface area contributed by atoms with Crippen molar-refractivity contribution in [1.29, 1.82) is 0 Å². The maximum absolute atomic E-state index is 5.51. The molecule has 0 radical (unpaired) electrons. The summed E-state index contributed by atoms with van der Waals surface area (Å²) in [4.78, 5) is 0. The molecule has 104 valence electrons. The van der Waals surface area contributed by atoms with E-state index in [1.54, 1.807) is 18.0 Å². The molecule has 0 aliphatic rings. The topological polar surface area (TPSA) is 53.1 Å². The van der Waals surface area contributed by atoms with Crippen LogP contribution in [0.3, 0.4) is 0 Å². The van der Waals surface area contributed by atoms with Crippen LogP contribution in [0.25, 0.3) is 11.4 Å². The van der Waals surface area contributed by atoms with Crippen molar-refractivity contribution in [2.75, 3.05) is 12.4 Å². The Bertz CT molecular complexity index is 534. The summed E-state index contributed by atoms with van der Waals surface area (Å²) >= 11 is 1.65. The van der Waals surface area contributed by atoms with E-state index in [9.17, 15) is 0 Å². The van der Waals surface area contributed by atoms with Crippen LogP contribution in [0.2, 0.25) is 0 Å². The highest BCUT2D eigenvalue weighted by atomic mass is 32.2. The molecule has 0 saturated carbocycles. The zero-order valence-electron chi connectivity index (χ0n) is 11.7. The van der Waals surface area contributed by atoms with Gasteiger partial charge in [-0.25, -0.2) is 0 Å². The van der Waals surface area contributed by atoms with Crippen molar-refractivity contribution in [3.8, 4) is 11.4 Å². The quantitative estimate of drug-likeness (QED) is 0.602. The molecule has 0 fully saturated rings. The summed E-state index contributed by atoms with van der Waals surface area (Å²) in [5.74, 6) is 2.56. The van der Waals surface area contributed by atoms with Crippen LogP contribution in [0.5, 0.6) is 0 Å². The lowest BCUT2D eigenvalue weighted by Crippen LogP contribution is -2.06. The fourth-order valence-corrected chi connectivity index (χ4v) is 2.45. The fraction of sp³-hybridized carbons (Fsp3) is 0.538. The maximum atomic E-state index is 5.51. The first kappa shape index (κ1) is 14.1. The average molecular weight is 281 g/mol. The molecule has 2 heterocycles. The van der Waals surface area contributed by atoms with Gasteiger partial charge >= 0.3 is 0 Å². The van der Waals surface area contributed by atoms with Crippen LogP contribution in [0, 0.1) is 6.92 Å². The van der Waals surface area contributed by atoms with Crippen LogP contribution >= 0.6 is 11.8 Å². The van der Waals surface area contributed by atoms with Crippen LogP contribution in [0.1, 0.15) is 19.6 Å². The third-order valence-corrected chi connectivity index (χ3v) is 3.68. The van der Waals surface area contributed by atoms with Gasteiger partial charge in [0, 0.05) is 12.8 Å². The lowest BCUT2D eigenvalue weighted by atomic mass is 10.2. The molecule has 2 aromatic rings. The van der Waals surface area contributed by atoms with E-state index in [4.69, 9.17) is 9.15 Å². The van der Waals surface area contributed by atoms with Gasteiger partial charge in [-0.2, -0.15) is 0 Å². The molecule has 0 amide bonds. The smallest absolute Gasteiger partial charge is 0.191 e. The third kappa shape index (κ3) is 3.39. The van der Waals surface area contributed by atoms with Gasteiger partial charge in [0.15, 0.2) is 11.0 Å². The Kier molecular flexibility index (Phi) is 4.66. The van der Waals surface area contributed by atoms with Gasteiger partial charge in [0.1, 0.15) is 5.76 Å². The minimum absolute atomic E-state index is 0.268. The molecule has 2 rings (SSSR count). The number of nitrogens with zero attached hydrogens (tertiary/aromatic N) is 3. The van der Waals surface area contributed by atoms with Gasteiger partial charge in [-0.15, -0.1) is 10.2 Å². The third-order valence-electron chi connectivity index (χ3n) is 2.70. The number of ether oxygens (including phenoxy) is 1. The van der Waals surface area contributed by atoms with E-state index in [2.05, 4.69) is 10.2 Å².